The summed E-state index contributed by atoms with van der Waals surface area (Å²) in [5.41, 5.74) is 4.53. The van der Waals surface area contributed by atoms with E-state index in [9.17, 15) is 9.59 Å². The molecule has 0 spiro atoms. The van der Waals surface area contributed by atoms with Gasteiger partial charge in [0, 0.05) is 30.7 Å². The number of carbonyl (C=O) groups is 2. The van der Waals surface area contributed by atoms with Crippen LogP contribution in [0, 0.1) is 5.92 Å². The summed E-state index contributed by atoms with van der Waals surface area (Å²) in [4.78, 5) is 29.6. The molecule has 1 saturated carbocycles. The minimum Gasteiger partial charge on any atom is -0.466 e. The van der Waals surface area contributed by atoms with Crippen LogP contribution in [0.4, 0.5) is 5.69 Å². The third-order valence-corrected chi connectivity index (χ3v) is 7.66. The van der Waals surface area contributed by atoms with Crippen LogP contribution in [0.15, 0.2) is 48.5 Å². The highest BCUT2D eigenvalue weighted by Crippen LogP contribution is 2.30. The third-order valence-electron chi connectivity index (χ3n) is 7.66. The topological polar surface area (TPSA) is 49.9 Å². The molecule has 2 fully saturated rings. The van der Waals surface area contributed by atoms with Crippen molar-refractivity contribution < 1.29 is 14.3 Å². The maximum absolute atomic E-state index is 13.3. The molecule has 1 amide bonds. The highest BCUT2D eigenvalue weighted by atomic mass is 16.5. The maximum Gasteiger partial charge on any atom is 0.307 e. The van der Waals surface area contributed by atoms with Crippen LogP contribution < -0.4 is 4.90 Å². The zero-order valence-electron chi connectivity index (χ0n) is 21.4. The number of ether oxygens (including phenoxy) is 1. The molecule has 1 heterocycles. The standard InChI is InChI=1S/C30H40N2O3/c1-3-35-29(33)19-22-32(30(34)27-8-4-5-9-27)28-16-14-26(15-17-28)25-12-10-24(11-13-25)18-21-31-20-6-7-23(31)2/h10-17,23,27H,3-9,18-22H2,1-2H3. The van der Waals surface area contributed by atoms with Crippen LogP contribution in [-0.2, 0) is 20.7 Å². The lowest BCUT2D eigenvalue weighted by Crippen LogP contribution is -2.37. The zero-order valence-corrected chi connectivity index (χ0v) is 21.4. The van der Waals surface area contributed by atoms with E-state index in [1.54, 1.807) is 11.8 Å². The van der Waals surface area contributed by atoms with Crippen LogP contribution in [0.3, 0.4) is 0 Å². The number of esters is 1. The van der Waals surface area contributed by atoms with Gasteiger partial charge in [-0.25, -0.2) is 0 Å². The SMILES string of the molecule is CCOC(=O)CCN(C(=O)C1CCCC1)c1ccc(-c2ccc(CCN3CCCC3C)cc2)cc1. The lowest BCUT2D eigenvalue weighted by molar-refractivity contribution is -0.142. The second kappa shape index (κ2) is 12.3. The van der Waals surface area contributed by atoms with Crippen LogP contribution in [0.5, 0.6) is 0 Å². The molecule has 1 unspecified atom stereocenters. The van der Waals surface area contributed by atoms with E-state index >= 15 is 0 Å². The number of amides is 1. The number of carbonyl (C=O) groups excluding carboxylic acids is 2. The highest BCUT2D eigenvalue weighted by Gasteiger charge is 2.28. The van der Waals surface area contributed by atoms with Crippen LogP contribution in [0.1, 0.15) is 64.4 Å². The molecule has 2 aromatic rings. The largest absolute Gasteiger partial charge is 0.466 e. The van der Waals surface area contributed by atoms with E-state index in [-0.39, 0.29) is 24.2 Å². The Labute approximate surface area is 210 Å². The lowest BCUT2D eigenvalue weighted by Gasteiger charge is -2.26. The third kappa shape index (κ3) is 6.72. The number of hydrogen-bond donors (Lipinski definition) is 0. The van der Waals surface area contributed by atoms with E-state index < -0.39 is 0 Å². The Kier molecular flexibility index (Phi) is 8.97. The maximum atomic E-state index is 13.3. The molecule has 2 aliphatic rings. The van der Waals surface area contributed by atoms with E-state index in [1.807, 2.05) is 12.1 Å². The number of likely N-dealkylation sites (tertiary alicyclic amines) is 1. The first-order valence-corrected chi connectivity index (χ1v) is 13.5. The van der Waals surface area contributed by atoms with Gasteiger partial charge in [-0.05, 0) is 81.3 Å². The predicted octanol–water partition coefficient (Wildman–Crippen LogP) is 5.86. The average molecular weight is 477 g/mol. The number of anilines is 1. The van der Waals surface area contributed by atoms with Crippen molar-refractivity contribution in [1.29, 1.82) is 0 Å². The Morgan fingerprint density at radius 1 is 0.943 bits per heavy atom. The van der Waals surface area contributed by atoms with E-state index in [1.165, 1.54) is 30.5 Å². The Balaban J connectivity index is 1.41. The minimum absolute atomic E-state index is 0.0629. The molecule has 1 aliphatic carbocycles. The van der Waals surface area contributed by atoms with Crippen LogP contribution in [0.25, 0.3) is 11.1 Å². The fourth-order valence-corrected chi connectivity index (χ4v) is 5.49. The Morgan fingerprint density at radius 3 is 2.20 bits per heavy atom. The predicted molar refractivity (Wildman–Crippen MR) is 141 cm³/mol. The summed E-state index contributed by atoms with van der Waals surface area (Å²) in [5, 5.41) is 0. The van der Waals surface area contributed by atoms with Gasteiger partial charge in [-0.2, -0.15) is 0 Å². The van der Waals surface area contributed by atoms with Crippen molar-refractivity contribution in [2.24, 2.45) is 5.92 Å². The molecule has 5 nitrogen and oxygen atoms in total. The van der Waals surface area contributed by atoms with Gasteiger partial charge in [0.15, 0.2) is 0 Å². The summed E-state index contributed by atoms with van der Waals surface area (Å²) >= 11 is 0. The van der Waals surface area contributed by atoms with Gasteiger partial charge in [-0.15, -0.1) is 0 Å². The summed E-state index contributed by atoms with van der Waals surface area (Å²) in [6.45, 7) is 7.22. The van der Waals surface area contributed by atoms with Gasteiger partial charge < -0.3 is 14.5 Å². The van der Waals surface area contributed by atoms with Gasteiger partial charge in [0.25, 0.3) is 0 Å². The molecule has 1 atom stereocenters. The summed E-state index contributed by atoms with van der Waals surface area (Å²) in [7, 11) is 0. The Hall–Kier alpha value is -2.66. The van der Waals surface area contributed by atoms with Crippen molar-refractivity contribution in [3.05, 3.63) is 54.1 Å². The summed E-state index contributed by atoms with van der Waals surface area (Å²) in [5.74, 6) is -0.0585. The second-order valence-corrected chi connectivity index (χ2v) is 10.0. The molecular weight excluding hydrogens is 436 g/mol. The average Bonchev–Trinajstić information content (AvgIpc) is 3.56. The van der Waals surface area contributed by atoms with Crippen LogP contribution >= 0.6 is 0 Å². The number of rotatable bonds is 10. The Morgan fingerprint density at radius 2 is 1.60 bits per heavy atom. The van der Waals surface area contributed by atoms with Crippen molar-refractivity contribution in [3.63, 3.8) is 0 Å². The van der Waals surface area contributed by atoms with Gasteiger partial charge in [-0.1, -0.05) is 49.2 Å². The first kappa shape index (κ1) is 25.4. The molecule has 4 rings (SSSR count). The van der Waals surface area contributed by atoms with Crippen molar-refractivity contribution in [2.45, 2.75) is 71.3 Å². The molecule has 1 saturated heterocycles. The van der Waals surface area contributed by atoms with Crippen molar-refractivity contribution in [2.75, 3.05) is 31.1 Å². The quantitative estimate of drug-likeness (QED) is 0.403. The highest BCUT2D eigenvalue weighted by molar-refractivity contribution is 5.96. The molecule has 5 heteroatoms. The van der Waals surface area contributed by atoms with Crippen molar-refractivity contribution >= 4 is 17.6 Å². The fourth-order valence-electron chi connectivity index (χ4n) is 5.49. The normalized spacial score (nSPS) is 18.6. The monoisotopic (exact) mass is 476 g/mol. The summed E-state index contributed by atoms with van der Waals surface area (Å²) in [6, 6.07) is 17.8. The Bertz CT molecular complexity index is 964. The van der Waals surface area contributed by atoms with E-state index in [0.717, 1.165) is 49.9 Å². The molecule has 0 bridgehead atoms. The summed E-state index contributed by atoms with van der Waals surface area (Å²) in [6.07, 6.45) is 8.03. The second-order valence-electron chi connectivity index (χ2n) is 10.0. The smallest absolute Gasteiger partial charge is 0.307 e. The van der Waals surface area contributed by atoms with Crippen LogP contribution in [-0.4, -0.2) is 49.1 Å². The number of benzene rings is 2. The van der Waals surface area contributed by atoms with Gasteiger partial charge in [-0.3, -0.25) is 9.59 Å². The fraction of sp³-hybridized carbons (Fsp3) is 0.533. The van der Waals surface area contributed by atoms with Gasteiger partial charge >= 0.3 is 5.97 Å². The van der Waals surface area contributed by atoms with E-state index in [2.05, 4.69) is 48.2 Å². The molecule has 0 aromatic heterocycles. The van der Waals surface area contributed by atoms with Gasteiger partial charge in [0.2, 0.25) is 5.91 Å². The lowest BCUT2D eigenvalue weighted by atomic mass is 10.0. The molecule has 0 N–H and O–H groups in total. The van der Waals surface area contributed by atoms with Crippen LogP contribution in [0.2, 0.25) is 0 Å². The number of hydrogen-bond acceptors (Lipinski definition) is 4. The molecular formula is C30H40N2O3. The van der Waals surface area contributed by atoms with Gasteiger partial charge in [0.1, 0.15) is 0 Å². The van der Waals surface area contributed by atoms with E-state index in [0.29, 0.717) is 19.2 Å². The first-order chi connectivity index (χ1) is 17.0. The van der Waals surface area contributed by atoms with E-state index in [4.69, 9.17) is 4.74 Å². The number of nitrogens with zero attached hydrogens (tertiary/aromatic N) is 2. The molecule has 2 aromatic carbocycles. The molecule has 1 aliphatic heterocycles. The van der Waals surface area contributed by atoms with Crippen molar-refractivity contribution in [3.8, 4) is 11.1 Å². The summed E-state index contributed by atoms with van der Waals surface area (Å²) < 4.78 is 5.09. The van der Waals surface area contributed by atoms with Crippen molar-refractivity contribution in [1.82, 2.24) is 4.90 Å². The first-order valence-electron chi connectivity index (χ1n) is 13.5. The molecule has 35 heavy (non-hydrogen) atoms. The zero-order chi connectivity index (χ0) is 24.6. The molecule has 0 radical (unpaired) electrons. The molecule has 188 valence electrons. The minimum atomic E-state index is -0.257. The van der Waals surface area contributed by atoms with Gasteiger partial charge in [0.05, 0.1) is 13.0 Å².